The van der Waals surface area contributed by atoms with Gasteiger partial charge in [0.05, 0.1) is 16.1 Å². The molecule has 7 aromatic rings. The van der Waals surface area contributed by atoms with Crippen LogP contribution in [0.15, 0.2) is 115 Å². The Labute approximate surface area is 219 Å². The third-order valence-corrected chi connectivity index (χ3v) is 8.86. The van der Waals surface area contributed by atoms with Crippen molar-refractivity contribution in [1.82, 2.24) is 4.98 Å². The van der Waals surface area contributed by atoms with E-state index in [9.17, 15) is 0 Å². The maximum Gasteiger partial charge on any atom is 0.0888 e. The second kappa shape index (κ2) is 8.12. The van der Waals surface area contributed by atoms with E-state index in [0.717, 1.165) is 24.2 Å². The van der Waals surface area contributed by atoms with Crippen LogP contribution in [0.5, 0.6) is 0 Å². The molecule has 0 radical (unpaired) electrons. The molecule has 0 saturated carbocycles. The lowest BCUT2D eigenvalue weighted by Crippen LogP contribution is -1.94. The number of pyridine rings is 1. The van der Waals surface area contributed by atoms with Crippen molar-refractivity contribution < 1.29 is 0 Å². The second-order valence-corrected chi connectivity index (χ2v) is 10.9. The van der Waals surface area contributed by atoms with Crippen LogP contribution < -0.4 is 0 Å². The molecule has 0 amide bonds. The Morgan fingerprint density at radius 2 is 1.22 bits per heavy atom. The number of thiophene rings is 1. The van der Waals surface area contributed by atoms with Crippen LogP contribution in [0.2, 0.25) is 0 Å². The Hall–Kier alpha value is -4.27. The normalized spacial score (nSPS) is 13.8. The summed E-state index contributed by atoms with van der Waals surface area (Å²) in [6.07, 6.45) is 8.99. The average Bonchev–Trinajstić information content (AvgIpc) is 3.36. The molecule has 37 heavy (non-hydrogen) atoms. The van der Waals surface area contributed by atoms with Gasteiger partial charge < -0.3 is 0 Å². The fraction of sp³-hybridized carbons (Fsp3) is 0.0571. The van der Waals surface area contributed by atoms with Crippen LogP contribution in [-0.4, -0.2) is 4.98 Å². The number of hydrogen-bond acceptors (Lipinski definition) is 2. The van der Waals surface area contributed by atoms with Gasteiger partial charge in [-0.25, -0.2) is 4.98 Å². The SMILES string of the molecule is C1=CC(c2cc3c(sc4ccccc43)c(-c3ccc4c5ccccc5c5ccccc5c4c3)n2)=CCC1. The third-order valence-electron chi connectivity index (χ3n) is 7.67. The second-order valence-electron chi connectivity index (χ2n) is 9.82. The molecule has 1 aliphatic carbocycles. The summed E-state index contributed by atoms with van der Waals surface area (Å²) < 4.78 is 2.57. The molecule has 8 rings (SSSR count). The van der Waals surface area contributed by atoms with E-state index < -0.39 is 0 Å². The highest BCUT2D eigenvalue weighted by molar-refractivity contribution is 7.26. The Bertz CT molecular complexity index is 2060. The van der Waals surface area contributed by atoms with Gasteiger partial charge in [0.15, 0.2) is 0 Å². The summed E-state index contributed by atoms with van der Waals surface area (Å²) in [5.41, 5.74) is 4.53. The third kappa shape index (κ3) is 3.19. The highest BCUT2D eigenvalue weighted by Gasteiger charge is 2.17. The molecule has 0 unspecified atom stereocenters. The Balaban J connectivity index is 1.48. The van der Waals surface area contributed by atoms with Gasteiger partial charge in [-0.15, -0.1) is 11.3 Å². The Kier molecular flexibility index (Phi) is 4.58. The van der Waals surface area contributed by atoms with Crippen molar-refractivity contribution in [2.24, 2.45) is 0 Å². The molecule has 1 nitrogen and oxygen atoms in total. The summed E-state index contributed by atoms with van der Waals surface area (Å²) in [5, 5.41) is 10.4. The number of benzene rings is 5. The van der Waals surface area contributed by atoms with Crippen molar-refractivity contribution in [3.05, 3.63) is 121 Å². The quantitative estimate of drug-likeness (QED) is 0.220. The number of allylic oxidation sites excluding steroid dienone is 4. The van der Waals surface area contributed by atoms with Gasteiger partial charge in [-0.2, -0.15) is 0 Å². The van der Waals surface area contributed by atoms with Crippen LogP contribution in [0.4, 0.5) is 0 Å². The van der Waals surface area contributed by atoms with Gasteiger partial charge in [0.1, 0.15) is 0 Å². The highest BCUT2D eigenvalue weighted by Crippen LogP contribution is 2.42. The van der Waals surface area contributed by atoms with Crippen LogP contribution in [0, 0.1) is 0 Å². The first kappa shape index (κ1) is 20.9. The van der Waals surface area contributed by atoms with Gasteiger partial charge in [0, 0.05) is 21.0 Å². The van der Waals surface area contributed by atoms with Crippen molar-refractivity contribution in [3.8, 4) is 11.3 Å². The summed E-state index contributed by atoms with van der Waals surface area (Å²) >= 11 is 1.85. The maximum atomic E-state index is 5.33. The molecule has 0 spiro atoms. The van der Waals surface area contributed by atoms with E-state index in [0.29, 0.717) is 0 Å². The lowest BCUT2D eigenvalue weighted by molar-refractivity contribution is 1.04. The Morgan fingerprint density at radius 1 is 0.568 bits per heavy atom. The molecule has 0 saturated heterocycles. The number of fused-ring (bicyclic) bond motifs is 9. The zero-order chi connectivity index (χ0) is 24.3. The van der Waals surface area contributed by atoms with E-state index in [-0.39, 0.29) is 0 Å². The first-order valence-corrected chi connectivity index (χ1v) is 13.7. The van der Waals surface area contributed by atoms with Gasteiger partial charge >= 0.3 is 0 Å². The summed E-state index contributed by atoms with van der Waals surface area (Å²) in [6.45, 7) is 0. The molecule has 0 bridgehead atoms. The molecule has 5 aromatic carbocycles. The van der Waals surface area contributed by atoms with Gasteiger partial charge in [-0.3, -0.25) is 0 Å². The molecule has 2 aromatic heterocycles. The summed E-state index contributed by atoms with van der Waals surface area (Å²) in [4.78, 5) is 5.33. The van der Waals surface area contributed by atoms with Crippen LogP contribution in [0.3, 0.4) is 0 Å². The first-order valence-electron chi connectivity index (χ1n) is 12.9. The van der Waals surface area contributed by atoms with Crippen LogP contribution in [-0.2, 0) is 0 Å². The van der Waals surface area contributed by atoms with Crippen molar-refractivity contribution in [2.45, 2.75) is 12.8 Å². The number of aromatic nitrogens is 1. The summed E-state index contributed by atoms with van der Waals surface area (Å²) in [6, 6.07) is 35.5. The molecular weight excluding hydrogens is 466 g/mol. The first-order chi connectivity index (χ1) is 18.3. The van der Waals surface area contributed by atoms with Crippen molar-refractivity contribution >= 4 is 69.4 Å². The molecule has 174 valence electrons. The zero-order valence-corrected chi connectivity index (χ0v) is 21.1. The minimum atomic E-state index is 1.06. The van der Waals surface area contributed by atoms with E-state index in [1.165, 1.54) is 63.6 Å². The van der Waals surface area contributed by atoms with Crippen LogP contribution in [0.25, 0.3) is 69.3 Å². The zero-order valence-electron chi connectivity index (χ0n) is 20.2. The smallest absolute Gasteiger partial charge is 0.0888 e. The van der Waals surface area contributed by atoms with Crippen molar-refractivity contribution in [1.29, 1.82) is 0 Å². The monoisotopic (exact) mass is 489 g/mol. The lowest BCUT2D eigenvalue weighted by atomic mass is 9.92. The molecule has 0 fully saturated rings. The highest BCUT2D eigenvalue weighted by atomic mass is 32.1. The van der Waals surface area contributed by atoms with Gasteiger partial charge in [0.2, 0.25) is 0 Å². The minimum Gasteiger partial charge on any atom is -0.246 e. The molecule has 0 N–H and O–H groups in total. The number of hydrogen-bond donors (Lipinski definition) is 0. The van der Waals surface area contributed by atoms with Gasteiger partial charge in [-0.1, -0.05) is 97.1 Å². The predicted molar refractivity (Wildman–Crippen MR) is 161 cm³/mol. The molecular formula is C35H23NS. The Morgan fingerprint density at radius 3 is 1.92 bits per heavy atom. The molecule has 0 atom stereocenters. The van der Waals surface area contributed by atoms with Gasteiger partial charge in [0.25, 0.3) is 0 Å². The number of rotatable bonds is 2. The molecule has 2 heterocycles. The predicted octanol–water partition coefficient (Wildman–Crippen LogP) is 10.3. The standard InChI is InChI=1S/C35H23NS/c1-2-10-22(11-3-1)32-21-31-29-16-8-9-17-33(29)37-35(31)34(36-32)23-18-19-28-26-14-5-4-12-24(26)25-13-6-7-15-27(25)30(28)20-23/h2,4-21H,1,3H2. The fourth-order valence-electron chi connectivity index (χ4n) is 5.93. The van der Waals surface area contributed by atoms with Crippen LogP contribution >= 0.6 is 11.3 Å². The molecule has 2 heteroatoms. The van der Waals surface area contributed by atoms with E-state index in [1.807, 2.05) is 11.3 Å². The number of nitrogens with zero attached hydrogens (tertiary/aromatic N) is 1. The average molecular weight is 490 g/mol. The minimum absolute atomic E-state index is 1.06. The van der Waals surface area contributed by atoms with E-state index >= 15 is 0 Å². The maximum absolute atomic E-state index is 5.33. The largest absolute Gasteiger partial charge is 0.246 e. The summed E-state index contributed by atoms with van der Waals surface area (Å²) in [7, 11) is 0. The lowest BCUT2D eigenvalue weighted by Gasteiger charge is -2.13. The fourth-order valence-corrected chi connectivity index (χ4v) is 7.12. The van der Waals surface area contributed by atoms with Crippen LogP contribution in [0.1, 0.15) is 18.5 Å². The molecule has 1 aliphatic rings. The van der Waals surface area contributed by atoms with Crippen molar-refractivity contribution in [2.75, 3.05) is 0 Å². The van der Waals surface area contributed by atoms with Gasteiger partial charge in [-0.05, 0) is 68.9 Å². The van der Waals surface area contributed by atoms with Crippen molar-refractivity contribution in [3.63, 3.8) is 0 Å². The topological polar surface area (TPSA) is 12.9 Å². The van der Waals surface area contributed by atoms with E-state index in [4.69, 9.17) is 4.98 Å². The summed E-state index contributed by atoms with van der Waals surface area (Å²) in [5.74, 6) is 0. The van der Waals surface area contributed by atoms with E-state index in [2.05, 4.69) is 115 Å². The van der Waals surface area contributed by atoms with E-state index in [1.54, 1.807) is 0 Å². The molecule has 0 aliphatic heterocycles.